The summed E-state index contributed by atoms with van der Waals surface area (Å²) in [6.45, 7) is 91.1. The second-order valence-corrected chi connectivity index (χ2v) is 132. The molecule has 0 N–H and O–H groups in total. The van der Waals surface area contributed by atoms with E-state index < -0.39 is 169 Å². The molecule has 2 fully saturated rings. The lowest BCUT2D eigenvalue weighted by molar-refractivity contribution is -0.126. The van der Waals surface area contributed by atoms with Crippen LogP contribution in [-0.4, -0.2) is 194 Å². The molecule has 0 radical (unpaired) electrons. The van der Waals surface area contributed by atoms with Gasteiger partial charge in [0.1, 0.15) is 6.10 Å². The average Bonchev–Trinajstić information content (AvgIpc) is 4.06. The zero-order valence-electron chi connectivity index (χ0n) is 62.0. The largest absolute Gasteiger partial charge is 0.437 e. The molecule has 0 aromatic carbocycles. The predicted molar refractivity (Wildman–Crippen MR) is 514 cm³/mol. The first kappa shape index (κ1) is 152. The van der Waals surface area contributed by atoms with Crippen molar-refractivity contribution in [2.45, 2.75) is 399 Å². The van der Waals surface area contributed by atoms with Crippen LogP contribution in [0.15, 0.2) is 0 Å². The van der Waals surface area contributed by atoms with Gasteiger partial charge in [-0.15, -0.1) is 0 Å². The summed E-state index contributed by atoms with van der Waals surface area (Å²) in [6.07, 6.45) is 1.30. The second kappa shape index (κ2) is 64.1. The Balaban J connectivity index is -0.0000000465. The van der Waals surface area contributed by atoms with Crippen LogP contribution in [0.1, 0.15) is 125 Å². The van der Waals surface area contributed by atoms with E-state index in [2.05, 4.69) is 236 Å². The molecule has 0 aliphatic carbocycles. The van der Waals surface area contributed by atoms with Gasteiger partial charge in [-0.25, -0.2) is 0 Å². The molecule has 2 aliphatic heterocycles. The van der Waals surface area contributed by atoms with Crippen LogP contribution in [0, 0.1) is 0 Å². The molecule has 0 spiro atoms. The van der Waals surface area contributed by atoms with Crippen LogP contribution in [0.4, 0.5) is 0 Å². The lowest BCUT2D eigenvalue weighted by atomic mass is 10.5. The minimum absolute atomic E-state index is 0. The molecule has 0 bridgehead atoms. The third-order valence-corrected chi connectivity index (χ3v) is 108. The van der Waals surface area contributed by atoms with Crippen LogP contribution in [0.25, 0.3) is 0 Å². The average molecular weight is 1800 g/mol. The molecule has 2 aliphatic rings. The van der Waals surface area contributed by atoms with Crippen LogP contribution in [-0.2, 0) is 79.0 Å². The number of hydrogen-bond donors (Lipinski definition) is 0. The maximum Gasteiger partial charge on any atom is 0.345 e. The van der Waals surface area contributed by atoms with E-state index >= 15 is 0 Å². The van der Waals surface area contributed by atoms with Crippen LogP contribution in [0.5, 0.6) is 0 Å². The predicted octanol–water partition coefficient (Wildman–Crippen LogP) is 23.7. The van der Waals surface area contributed by atoms with Gasteiger partial charge < -0.3 is 42.4 Å². The highest BCUT2D eigenvalue weighted by atomic mass is 29.3. The second-order valence-electron chi connectivity index (χ2n) is 32.4. The first-order valence-electron chi connectivity index (χ1n) is 30.8. The van der Waals surface area contributed by atoms with Crippen molar-refractivity contribution in [3.05, 3.63) is 0 Å². The molecular formula is C62H202O18Si20. The molecule has 100 heavy (non-hydrogen) atoms. The van der Waals surface area contributed by atoms with Crippen molar-refractivity contribution < 1.29 is 79.0 Å². The smallest absolute Gasteiger partial charge is 0.345 e. The maximum atomic E-state index is 6.20. The third-order valence-electron chi connectivity index (χ3n) is 14.1. The third kappa shape index (κ3) is 79.7. The molecule has 38 heteroatoms. The molecule has 638 valence electrons. The maximum absolute atomic E-state index is 6.20. The van der Waals surface area contributed by atoms with Gasteiger partial charge in [0.05, 0.1) is 43.6 Å². The summed E-state index contributed by atoms with van der Waals surface area (Å²) in [5, 5.41) is 0. The molecule has 7 unspecified atom stereocenters. The quantitative estimate of drug-likeness (QED) is 0.0219. The highest BCUT2D eigenvalue weighted by Gasteiger charge is 2.45. The molecule has 18 nitrogen and oxygen atoms in total. The highest BCUT2D eigenvalue weighted by Crippen LogP contribution is 2.26. The Labute approximate surface area is 661 Å². The Hall–Kier alpha value is 3.62. The van der Waals surface area contributed by atoms with Gasteiger partial charge in [0.2, 0.25) is 31.3 Å². The van der Waals surface area contributed by atoms with E-state index in [0.717, 1.165) is 25.7 Å². The Bertz CT molecular complexity index is 1570. The lowest BCUT2D eigenvalue weighted by Gasteiger charge is -2.37. The van der Waals surface area contributed by atoms with E-state index in [1.54, 1.807) is 0 Å². The van der Waals surface area contributed by atoms with Gasteiger partial charge in [-0.05, 0) is 196 Å². The minimum atomic E-state index is -2.15. The highest BCUT2D eigenvalue weighted by molar-refractivity contribution is 7.39. The van der Waals surface area contributed by atoms with E-state index in [9.17, 15) is 0 Å². The minimum Gasteiger partial charge on any atom is -0.437 e. The van der Waals surface area contributed by atoms with Crippen molar-refractivity contribution in [3.63, 3.8) is 0 Å². The summed E-state index contributed by atoms with van der Waals surface area (Å²) in [5.41, 5.74) is 0. The molecule has 0 aromatic heterocycles. The van der Waals surface area contributed by atoms with Crippen LogP contribution in [0.3, 0.4) is 0 Å². The number of ether oxygens (including phenoxy) is 2. The molecule has 2 saturated heterocycles. The zero-order valence-corrected chi connectivity index (χ0v) is 83.1. The van der Waals surface area contributed by atoms with Gasteiger partial charge in [0, 0.05) is 6.61 Å². The van der Waals surface area contributed by atoms with Gasteiger partial charge >= 0.3 is 45.7 Å². The van der Waals surface area contributed by atoms with Crippen molar-refractivity contribution in [1.82, 2.24) is 0 Å². The van der Waals surface area contributed by atoms with Crippen LogP contribution >= 0.6 is 0 Å². The molecule has 7 atom stereocenters. The van der Waals surface area contributed by atoms with Crippen molar-refractivity contribution in [3.8, 4) is 0 Å². The van der Waals surface area contributed by atoms with Gasteiger partial charge in [0.15, 0.2) is 33.3 Å². The molecule has 0 saturated carbocycles. The standard InChI is InChI=1S/C10H26O6Si4.4C9H28O3Si4.16CH4/c1-17-13-18(2)15-20(4,16-19(3)14-17)7-5-6-11-8-10-9-12-10;4*1-13(12-14(2,3)4)10-11-16(8,9)15(5,6)7;;;;;;;;;;;;;;;;/h10,17-19H,5-9H2,1-4H3;4*13H,1-9H3;16*1H4. The van der Waals surface area contributed by atoms with Crippen LogP contribution < -0.4 is 0 Å². The topological polar surface area (TPSA) is 169 Å². The number of hydrogen-bond acceptors (Lipinski definition) is 18. The summed E-state index contributed by atoms with van der Waals surface area (Å²) in [6, 6.07) is 0.940. The lowest BCUT2D eigenvalue weighted by Crippen LogP contribution is -2.55. The Morgan fingerprint density at radius 2 is 0.530 bits per heavy atom. The number of rotatable bonds is 30. The first-order chi connectivity index (χ1) is 36.9. The van der Waals surface area contributed by atoms with E-state index in [0.29, 0.717) is 12.7 Å². The molecule has 2 rings (SSSR count). The van der Waals surface area contributed by atoms with Crippen molar-refractivity contribution >= 4 is 169 Å². The monoisotopic (exact) mass is 1800 g/mol. The fraction of sp³-hybridized carbons (Fsp3) is 1.00. The van der Waals surface area contributed by atoms with E-state index in [4.69, 9.17) is 79.0 Å². The fourth-order valence-corrected chi connectivity index (χ4v) is 48.6. The van der Waals surface area contributed by atoms with E-state index in [1.807, 2.05) is 26.2 Å². The van der Waals surface area contributed by atoms with Crippen molar-refractivity contribution in [2.24, 2.45) is 0 Å². The van der Waals surface area contributed by atoms with Crippen molar-refractivity contribution in [2.75, 3.05) is 19.8 Å². The first-order valence-corrected chi connectivity index (χ1v) is 91.3. The summed E-state index contributed by atoms with van der Waals surface area (Å²) in [5.74, 6) is 0. The summed E-state index contributed by atoms with van der Waals surface area (Å²) in [7, 11) is -30.8. The fourth-order valence-electron chi connectivity index (χ4n) is 5.67. The Morgan fingerprint density at radius 3 is 0.690 bits per heavy atom. The van der Waals surface area contributed by atoms with Gasteiger partial charge in [-0.1, -0.05) is 197 Å². The Morgan fingerprint density at radius 1 is 0.340 bits per heavy atom. The summed E-state index contributed by atoms with van der Waals surface area (Å²) < 4.78 is 104. The molecule has 0 amide bonds. The molecule has 0 aromatic rings. The van der Waals surface area contributed by atoms with Crippen molar-refractivity contribution in [1.29, 1.82) is 0 Å². The van der Waals surface area contributed by atoms with Gasteiger partial charge in [0.25, 0.3) is 27.9 Å². The summed E-state index contributed by atoms with van der Waals surface area (Å²) in [4.78, 5) is 0. The normalized spacial score (nSPS) is 18.8. The van der Waals surface area contributed by atoms with Crippen LogP contribution in [0.2, 0.25) is 268 Å². The van der Waals surface area contributed by atoms with E-state index in [-0.39, 0.29) is 119 Å². The number of epoxide rings is 1. The molecular weight excluding hydrogens is 1590 g/mol. The summed E-state index contributed by atoms with van der Waals surface area (Å²) >= 11 is 0. The Kier molecular flexibility index (Phi) is 97.6. The SMILES string of the molecule is C.C.C.C.C.C.C.C.C.C.C.C.C.C.C.C.C[SiH](OO[Si](C)(C)[Si](C)(C)C)O[Si](C)(C)C.C[SiH](OO[Si](C)(C)[Si](C)(C)C)O[Si](C)(C)C.C[SiH](OO[Si](C)(C)[Si](C)(C)C)O[Si](C)(C)C.C[SiH](OO[Si](C)(C)[Si](C)(C)C)O[Si](C)(C)C.C[SiH]1O[SiH](C)O[Si](C)(CCCOCC2CO2)O[SiH](C)O1. The van der Waals surface area contributed by atoms with Gasteiger partial charge in [-0.2, -0.15) is 0 Å². The van der Waals surface area contributed by atoms with E-state index in [1.165, 1.54) is 0 Å². The zero-order chi connectivity index (χ0) is 67.4. The van der Waals surface area contributed by atoms with Gasteiger partial charge in [-0.3, -0.25) is 36.6 Å². The molecule has 2 heterocycles.